The van der Waals surface area contributed by atoms with Crippen LogP contribution in [0.5, 0.6) is 0 Å². The van der Waals surface area contributed by atoms with E-state index in [1.54, 1.807) is 23.1 Å². The Balaban J connectivity index is 1.52. The van der Waals surface area contributed by atoms with E-state index in [0.717, 1.165) is 35.9 Å². The molecule has 0 radical (unpaired) electrons. The number of nitrogen functional groups attached to an aromatic ring is 1. The summed E-state index contributed by atoms with van der Waals surface area (Å²) < 4.78 is 74.3. The lowest BCUT2D eigenvalue weighted by Crippen LogP contribution is -2.40. The van der Waals surface area contributed by atoms with Crippen molar-refractivity contribution < 1.29 is 26.7 Å². The standard InChI is InChI=1S/C29H22F5N5O/c30-24-14-17(38-12-2-1-3-19(38)15-40)6-7-20(24)21-8-9-22-26(25(21)31)39(37-27(22)29(32,33)34)18-5-4-16-10-11-36-28(35)23(16)13-18/h4-11,13-15,19H,1-3,12H2,(H2,35,36). The van der Waals surface area contributed by atoms with Gasteiger partial charge in [-0.3, -0.25) is 0 Å². The summed E-state index contributed by atoms with van der Waals surface area (Å²) in [5, 5.41) is 4.42. The van der Waals surface area contributed by atoms with Crippen LogP contribution < -0.4 is 10.6 Å². The Labute approximate surface area is 224 Å². The average Bonchev–Trinajstić information content (AvgIpc) is 3.35. The van der Waals surface area contributed by atoms with Crippen molar-refractivity contribution in [2.75, 3.05) is 17.2 Å². The minimum Gasteiger partial charge on any atom is -0.383 e. The van der Waals surface area contributed by atoms with Gasteiger partial charge in [0.05, 0.1) is 11.7 Å². The fourth-order valence-corrected chi connectivity index (χ4v) is 5.40. The number of aromatic nitrogens is 3. The number of benzene rings is 3. The molecule has 2 aromatic heterocycles. The minimum atomic E-state index is -4.87. The molecule has 2 N–H and O–H groups in total. The number of piperidine rings is 1. The lowest BCUT2D eigenvalue weighted by molar-refractivity contribution is -0.140. The summed E-state index contributed by atoms with van der Waals surface area (Å²) in [4.78, 5) is 17.3. The lowest BCUT2D eigenvalue weighted by atomic mass is 9.99. The first-order chi connectivity index (χ1) is 19.2. The summed E-state index contributed by atoms with van der Waals surface area (Å²) in [5.41, 5.74) is 4.49. The SMILES string of the molecule is Nc1nccc2ccc(-n3nc(C(F)(F)F)c4ccc(-c5ccc(N6CCCCC6C=O)cc5F)c(F)c43)cc12. The van der Waals surface area contributed by atoms with Gasteiger partial charge in [0.1, 0.15) is 23.4 Å². The molecule has 40 heavy (non-hydrogen) atoms. The van der Waals surface area contributed by atoms with E-state index in [2.05, 4.69) is 10.1 Å². The zero-order chi connectivity index (χ0) is 28.2. The van der Waals surface area contributed by atoms with Gasteiger partial charge in [0, 0.05) is 40.3 Å². The highest BCUT2D eigenvalue weighted by Gasteiger charge is 2.38. The highest BCUT2D eigenvalue weighted by molar-refractivity contribution is 5.94. The van der Waals surface area contributed by atoms with E-state index in [9.17, 15) is 18.0 Å². The van der Waals surface area contributed by atoms with Gasteiger partial charge in [-0.1, -0.05) is 12.1 Å². The van der Waals surface area contributed by atoms with Gasteiger partial charge in [-0.2, -0.15) is 18.3 Å². The number of aldehydes is 1. The molecule has 11 heteroatoms. The number of nitrogens with two attached hydrogens (primary N) is 1. The van der Waals surface area contributed by atoms with Gasteiger partial charge in [0.2, 0.25) is 0 Å². The zero-order valence-electron chi connectivity index (χ0n) is 20.9. The summed E-state index contributed by atoms with van der Waals surface area (Å²) in [6.45, 7) is 0.577. The van der Waals surface area contributed by atoms with Crippen LogP contribution in [-0.4, -0.2) is 33.6 Å². The first-order valence-electron chi connectivity index (χ1n) is 12.6. The molecule has 6 nitrogen and oxygen atoms in total. The molecule has 0 amide bonds. The van der Waals surface area contributed by atoms with E-state index in [1.807, 2.05) is 0 Å². The Morgan fingerprint density at radius 3 is 2.45 bits per heavy atom. The van der Waals surface area contributed by atoms with Gasteiger partial charge >= 0.3 is 6.18 Å². The Morgan fingerprint density at radius 1 is 0.925 bits per heavy atom. The van der Waals surface area contributed by atoms with Crippen molar-refractivity contribution in [3.05, 3.63) is 78.1 Å². The van der Waals surface area contributed by atoms with Crippen molar-refractivity contribution in [3.8, 4) is 16.8 Å². The van der Waals surface area contributed by atoms with Gasteiger partial charge in [0.15, 0.2) is 11.5 Å². The number of anilines is 2. The zero-order valence-corrected chi connectivity index (χ0v) is 20.9. The van der Waals surface area contributed by atoms with E-state index < -0.39 is 34.4 Å². The van der Waals surface area contributed by atoms with Gasteiger partial charge in [-0.25, -0.2) is 18.4 Å². The number of carbonyl (C=O) groups excluding carboxylic acids is 1. The molecular weight excluding hydrogens is 529 g/mol. The van der Waals surface area contributed by atoms with E-state index in [0.29, 0.717) is 29.4 Å². The summed E-state index contributed by atoms with van der Waals surface area (Å²) in [6, 6.07) is 12.3. The summed E-state index contributed by atoms with van der Waals surface area (Å²) in [7, 11) is 0. The third-order valence-electron chi connectivity index (χ3n) is 7.36. The second-order valence-electron chi connectivity index (χ2n) is 9.74. The number of hydrogen-bond acceptors (Lipinski definition) is 5. The Morgan fingerprint density at radius 2 is 1.70 bits per heavy atom. The van der Waals surface area contributed by atoms with E-state index in [-0.39, 0.29) is 28.7 Å². The molecule has 5 aromatic rings. The molecule has 0 aliphatic carbocycles. The average molecular weight is 552 g/mol. The molecule has 0 bridgehead atoms. The molecule has 0 spiro atoms. The molecule has 6 rings (SSSR count). The number of alkyl halides is 3. The van der Waals surface area contributed by atoms with Gasteiger partial charge in [-0.05, 0) is 67.1 Å². The predicted molar refractivity (Wildman–Crippen MR) is 142 cm³/mol. The van der Waals surface area contributed by atoms with Crippen molar-refractivity contribution in [1.82, 2.24) is 14.8 Å². The molecule has 3 aromatic carbocycles. The van der Waals surface area contributed by atoms with Crippen LogP contribution in [0.25, 0.3) is 38.5 Å². The topological polar surface area (TPSA) is 77.0 Å². The maximum absolute atomic E-state index is 16.2. The molecule has 1 saturated heterocycles. The molecule has 1 atom stereocenters. The van der Waals surface area contributed by atoms with Crippen LogP contribution in [0.4, 0.5) is 33.5 Å². The van der Waals surface area contributed by atoms with Crippen LogP contribution >= 0.6 is 0 Å². The van der Waals surface area contributed by atoms with E-state index >= 15 is 8.78 Å². The largest absolute Gasteiger partial charge is 0.435 e. The molecule has 204 valence electrons. The van der Waals surface area contributed by atoms with Crippen molar-refractivity contribution in [1.29, 1.82) is 0 Å². The van der Waals surface area contributed by atoms with Crippen LogP contribution in [0.15, 0.2) is 60.8 Å². The molecule has 1 unspecified atom stereocenters. The van der Waals surface area contributed by atoms with Gasteiger partial charge in [0.25, 0.3) is 0 Å². The highest BCUT2D eigenvalue weighted by Crippen LogP contribution is 2.40. The van der Waals surface area contributed by atoms with Crippen LogP contribution in [-0.2, 0) is 11.0 Å². The van der Waals surface area contributed by atoms with Crippen LogP contribution in [0.2, 0.25) is 0 Å². The van der Waals surface area contributed by atoms with Gasteiger partial charge < -0.3 is 15.4 Å². The second kappa shape index (κ2) is 9.58. The molecule has 1 fully saturated rings. The number of pyridine rings is 1. The number of hydrogen-bond donors (Lipinski definition) is 1. The van der Waals surface area contributed by atoms with E-state index in [1.165, 1.54) is 30.5 Å². The Kier molecular flexibility index (Phi) is 6.16. The lowest BCUT2D eigenvalue weighted by Gasteiger charge is -2.34. The van der Waals surface area contributed by atoms with Gasteiger partial charge in [-0.15, -0.1) is 0 Å². The fourth-order valence-electron chi connectivity index (χ4n) is 5.40. The molecule has 1 aliphatic rings. The Hall–Kier alpha value is -4.54. The third kappa shape index (κ3) is 4.21. The summed E-state index contributed by atoms with van der Waals surface area (Å²) in [5.74, 6) is -1.67. The molecule has 0 saturated carbocycles. The third-order valence-corrected chi connectivity index (χ3v) is 7.36. The fraction of sp³-hybridized carbons (Fsp3) is 0.207. The first-order valence-corrected chi connectivity index (χ1v) is 12.6. The number of nitrogens with zero attached hydrogens (tertiary/aromatic N) is 4. The number of halogens is 5. The van der Waals surface area contributed by atoms with E-state index in [4.69, 9.17) is 5.73 Å². The number of fused-ring (bicyclic) bond motifs is 2. The number of rotatable bonds is 4. The Bertz CT molecular complexity index is 1780. The summed E-state index contributed by atoms with van der Waals surface area (Å²) >= 11 is 0. The minimum absolute atomic E-state index is 0.129. The molecular formula is C29H22F5N5O. The van der Waals surface area contributed by atoms with Crippen molar-refractivity contribution in [2.45, 2.75) is 31.5 Å². The van der Waals surface area contributed by atoms with Crippen LogP contribution in [0.1, 0.15) is 25.0 Å². The first kappa shape index (κ1) is 25.7. The van der Waals surface area contributed by atoms with Crippen LogP contribution in [0, 0.1) is 11.6 Å². The predicted octanol–water partition coefficient (Wildman–Crippen LogP) is 6.68. The summed E-state index contributed by atoms with van der Waals surface area (Å²) in [6.07, 6.45) is -0.154. The van der Waals surface area contributed by atoms with Crippen molar-refractivity contribution >= 4 is 39.5 Å². The van der Waals surface area contributed by atoms with Crippen LogP contribution in [0.3, 0.4) is 0 Å². The van der Waals surface area contributed by atoms with Crippen molar-refractivity contribution in [3.63, 3.8) is 0 Å². The smallest absolute Gasteiger partial charge is 0.383 e. The second-order valence-corrected chi connectivity index (χ2v) is 9.74. The molecule has 1 aliphatic heterocycles. The monoisotopic (exact) mass is 551 g/mol. The van der Waals surface area contributed by atoms with Crippen molar-refractivity contribution in [2.24, 2.45) is 0 Å². The maximum atomic E-state index is 16.2. The highest BCUT2D eigenvalue weighted by atomic mass is 19.4. The quantitative estimate of drug-likeness (QED) is 0.199. The molecule has 3 heterocycles. The normalized spacial score (nSPS) is 16.1. The number of carbonyl (C=O) groups is 1. The maximum Gasteiger partial charge on any atom is 0.435 e.